The predicted octanol–water partition coefficient (Wildman–Crippen LogP) is 3.00. The summed E-state index contributed by atoms with van der Waals surface area (Å²) in [4.78, 5) is 23.1. The van der Waals surface area contributed by atoms with Crippen molar-refractivity contribution in [3.05, 3.63) is 0 Å². The van der Waals surface area contributed by atoms with Crippen molar-refractivity contribution in [3.63, 3.8) is 0 Å². The second-order valence-corrected chi connectivity index (χ2v) is 7.60. The fourth-order valence-corrected chi connectivity index (χ4v) is 2.81. The molecule has 1 fully saturated rings. The minimum absolute atomic E-state index is 0.0605. The summed E-state index contributed by atoms with van der Waals surface area (Å²) in [6.45, 7) is 10.3. The third kappa shape index (κ3) is 5.94. The number of aliphatic carboxylic acids is 1. The fraction of sp³-hybridized carbons (Fsp3) is 0.875. The summed E-state index contributed by atoms with van der Waals surface area (Å²) in [5.74, 6) is 0.428. The average molecular weight is 298 g/mol. The number of carbonyl (C=O) groups excluding carboxylic acids is 1. The highest BCUT2D eigenvalue weighted by molar-refractivity contribution is 5.76. The lowest BCUT2D eigenvalue weighted by Gasteiger charge is -2.34. The van der Waals surface area contributed by atoms with Gasteiger partial charge < -0.3 is 15.7 Å². The molecule has 5 heteroatoms. The quantitative estimate of drug-likeness (QED) is 0.746. The number of carboxylic acid groups (broad SMARTS) is 1. The molecule has 5 nitrogen and oxygen atoms in total. The Morgan fingerprint density at radius 2 is 1.81 bits per heavy atom. The van der Waals surface area contributed by atoms with Gasteiger partial charge in [0, 0.05) is 12.1 Å². The second-order valence-electron chi connectivity index (χ2n) is 7.60. The molecule has 0 aromatic carbocycles. The van der Waals surface area contributed by atoms with Crippen LogP contribution in [0.1, 0.15) is 60.3 Å². The minimum Gasteiger partial charge on any atom is -0.481 e. The zero-order chi connectivity index (χ0) is 16.2. The van der Waals surface area contributed by atoms with Crippen LogP contribution in [0.15, 0.2) is 0 Å². The van der Waals surface area contributed by atoms with Gasteiger partial charge in [-0.05, 0) is 36.5 Å². The van der Waals surface area contributed by atoms with E-state index in [1.165, 1.54) is 0 Å². The van der Waals surface area contributed by atoms with Gasteiger partial charge in [0.15, 0.2) is 0 Å². The first-order chi connectivity index (χ1) is 9.59. The molecular weight excluding hydrogens is 268 g/mol. The molecule has 3 N–H and O–H groups in total. The number of nitrogens with one attached hydrogen (secondary N) is 2. The summed E-state index contributed by atoms with van der Waals surface area (Å²) in [7, 11) is 0. The van der Waals surface area contributed by atoms with E-state index in [9.17, 15) is 9.59 Å². The third-order valence-electron chi connectivity index (χ3n) is 4.66. The number of urea groups is 1. The number of carbonyl (C=O) groups is 2. The second kappa shape index (κ2) is 7.14. The molecule has 0 aromatic heterocycles. The Balaban J connectivity index is 2.52. The lowest BCUT2D eigenvalue weighted by atomic mass is 9.79. The van der Waals surface area contributed by atoms with Crippen molar-refractivity contribution in [2.45, 2.75) is 72.4 Å². The van der Waals surface area contributed by atoms with E-state index in [1.807, 2.05) is 20.8 Å². The minimum atomic E-state index is -0.893. The topological polar surface area (TPSA) is 78.4 Å². The molecule has 1 aliphatic carbocycles. The number of amides is 2. The van der Waals surface area contributed by atoms with Gasteiger partial charge >= 0.3 is 12.0 Å². The molecule has 21 heavy (non-hydrogen) atoms. The lowest BCUT2D eigenvalue weighted by molar-refractivity contribution is -0.138. The molecular formula is C16H30N2O3. The molecule has 4 atom stereocenters. The van der Waals surface area contributed by atoms with Gasteiger partial charge in [0.25, 0.3) is 0 Å². The van der Waals surface area contributed by atoms with Gasteiger partial charge in [0.05, 0.1) is 6.42 Å². The molecule has 1 aliphatic rings. The number of hydrogen-bond acceptors (Lipinski definition) is 2. The van der Waals surface area contributed by atoms with E-state index in [2.05, 4.69) is 24.5 Å². The Labute approximate surface area is 127 Å². The Bertz CT molecular complexity index is 376. The summed E-state index contributed by atoms with van der Waals surface area (Å²) in [6, 6.07) is -0.431. The maximum absolute atomic E-state index is 12.1. The van der Waals surface area contributed by atoms with Crippen LogP contribution in [-0.2, 0) is 4.79 Å². The van der Waals surface area contributed by atoms with Gasteiger partial charge in [0.2, 0.25) is 0 Å². The zero-order valence-corrected chi connectivity index (χ0v) is 13.9. The Morgan fingerprint density at radius 1 is 1.19 bits per heavy atom. The van der Waals surface area contributed by atoms with E-state index < -0.39 is 5.97 Å². The summed E-state index contributed by atoms with van der Waals surface area (Å²) < 4.78 is 0. The molecule has 1 rings (SSSR count). The number of carboxylic acids is 1. The van der Waals surface area contributed by atoms with Crippen LogP contribution >= 0.6 is 0 Å². The molecule has 0 heterocycles. The maximum atomic E-state index is 12.1. The predicted molar refractivity (Wildman–Crippen MR) is 83.1 cm³/mol. The smallest absolute Gasteiger partial charge is 0.315 e. The summed E-state index contributed by atoms with van der Waals surface area (Å²) in [5.41, 5.74) is -0.288. The summed E-state index contributed by atoms with van der Waals surface area (Å²) >= 11 is 0. The van der Waals surface area contributed by atoms with Gasteiger partial charge in [-0.15, -0.1) is 0 Å². The molecule has 1 saturated carbocycles. The molecule has 2 amide bonds. The van der Waals surface area contributed by atoms with Crippen LogP contribution in [0.25, 0.3) is 0 Å². The van der Waals surface area contributed by atoms with Crippen molar-refractivity contribution < 1.29 is 14.7 Å². The summed E-state index contributed by atoms with van der Waals surface area (Å²) in [6.07, 6.45) is 3.06. The highest BCUT2D eigenvalue weighted by Crippen LogP contribution is 2.29. The normalized spacial score (nSPS) is 27.8. The monoisotopic (exact) mass is 298 g/mol. The molecule has 0 bridgehead atoms. The number of rotatable bonds is 4. The van der Waals surface area contributed by atoms with Gasteiger partial charge in [-0.3, -0.25) is 4.79 Å². The van der Waals surface area contributed by atoms with E-state index in [0.29, 0.717) is 11.8 Å². The van der Waals surface area contributed by atoms with Crippen molar-refractivity contribution in [3.8, 4) is 0 Å². The summed E-state index contributed by atoms with van der Waals surface area (Å²) in [5, 5.41) is 14.8. The van der Waals surface area contributed by atoms with Crippen molar-refractivity contribution >= 4 is 12.0 Å². The van der Waals surface area contributed by atoms with Crippen LogP contribution in [0.4, 0.5) is 4.79 Å². The average Bonchev–Trinajstić information content (AvgIpc) is 2.31. The highest BCUT2D eigenvalue weighted by Gasteiger charge is 2.30. The molecule has 0 aliphatic heterocycles. The van der Waals surface area contributed by atoms with Crippen LogP contribution in [0.5, 0.6) is 0 Å². The van der Waals surface area contributed by atoms with E-state index in [0.717, 1.165) is 19.3 Å². The van der Waals surface area contributed by atoms with Crippen LogP contribution in [0.3, 0.4) is 0 Å². The first-order valence-electron chi connectivity index (χ1n) is 7.88. The van der Waals surface area contributed by atoms with Gasteiger partial charge in [-0.25, -0.2) is 4.79 Å². The van der Waals surface area contributed by atoms with Gasteiger partial charge in [0.1, 0.15) is 0 Å². The van der Waals surface area contributed by atoms with E-state index in [-0.39, 0.29) is 30.0 Å². The molecule has 4 unspecified atom stereocenters. The molecule has 0 radical (unpaired) electrons. The Morgan fingerprint density at radius 3 is 2.29 bits per heavy atom. The molecule has 122 valence electrons. The fourth-order valence-electron chi connectivity index (χ4n) is 2.81. The van der Waals surface area contributed by atoms with E-state index >= 15 is 0 Å². The SMILES string of the molecule is CC1CCC(NC(=O)NC(CC(=O)O)C(C)(C)C)CC1C. The molecule has 0 spiro atoms. The van der Waals surface area contributed by atoms with Crippen LogP contribution < -0.4 is 10.6 Å². The van der Waals surface area contributed by atoms with Gasteiger partial charge in [-0.1, -0.05) is 34.6 Å². The van der Waals surface area contributed by atoms with Crippen molar-refractivity contribution in [1.82, 2.24) is 10.6 Å². The van der Waals surface area contributed by atoms with Crippen molar-refractivity contribution in [2.24, 2.45) is 17.3 Å². The van der Waals surface area contributed by atoms with E-state index in [1.54, 1.807) is 0 Å². The van der Waals surface area contributed by atoms with Gasteiger partial charge in [-0.2, -0.15) is 0 Å². The largest absolute Gasteiger partial charge is 0.481 e. The molecule has 0 aromatic rings. The van der Waals surface area contributed by atoms with Crippen LogP contribution in [0, 0.1) is 17.3 Å². The third-order valence-corrected chi connectivity index (χ3v) is 4.66. The number of hydrogen-bond donors (Lipinski definition) is 3. The molecule has 0 saturated heterocycles. The standard InChI is InChI=1S/C16H30N2O3/c1-10-6-7-12(8-11(10)2)17-15(21)18-13(9-14(19)20)16(3,4)5/h10-13H,6-9H2,1-5H3,(H,19,20)(H2,17,18,21). The zero-order valence-electron chi connectivity index (χ0n) is 13.9. The van der Waals surface area contributed by atoms with Crippen molar-refractivity contribution in [1.29, 1.82) is 0 Å². The lowest BCUT2D eigenvalue weighted by Crippen LogP contribution is -2.52. The van der Waals surface area contributed by atoms with E-state index in [4.69, 9.17) is 5.11 Å². The first-order valence-corrected chi connectivity index (χ1v) is 7.88. The highest BCUT2D eigenvalue weighted by atomic mass is 16.4. The van der Waals surface area contributed by atoms with Crippen LogP contribution in [0.2, 0.25) is 0 Å². The Kier molecular flexibility index (Phi) is 6.05. The maximum Gasteiger partial charge on any atom is 0.315 e. The van der Waals surface area contributed by atoms with Crippen LogP contribution in [-0.4, -0.2) is 29.2 Å². The Hall–Kier alpha value is -1.26. The van der Waals surface area contributed by atoms with Crippen molar-refractivity contribution in [2.75, 3.05) is 0 Å². The first kappa shape index (κ1) is 17.8.